The first-order valence-corrected chi connectivity index (χ1v) is 12.1. The normalized spacial score (nSPS) is 31.7. The number of carbonyl (C=O) groups is 2. The molecule has 2 aliphatic rings. The highest BCUT2D eigenvalue weighted by atomic mass is 16.2. The molecule has 30 heavy (non-hydrogen) atoms. The fourth-order valence-electron chi connectivity index (χ4n) is 5.46. The molecule has 4 nitrogen and oxygen atoms in total. The summed E-state index contributed by atoms with van der Waals surface area (Å²) in [5.74, 6) is 2.57. The third-order valence-electron chi connectivity index (χ3n) is 7.75. The molecule has 166 valence electrons. The zero-order valence-electron chi connectivity index (χ0n) is 19.2. The molecule has 2 N–H and O–H groups in total. The van der Waals surface area contributed by atoms with Gasteiger partial charge in [0.05, 0.1) is 0 Å². The van der Waals surface area contributed by atoms with Crippen molar-refractivity contribution >= 4 is 11.8 Å². The van der Waals surface area contributed by atoms with Crippen LogP contribution in [-0.2, 0) is 0 Å². The largest absolute Gasteiger partial charge is 0.349 e. The van der Waals surface area contributed by atoms with Gasteiger partial charge in [0.1, 0.15) is 0 Å². The molecule has 2 fully saturated rings. The van der Waals surface area contributed by atoms with E-state index < -0.39 is 0 Å². The lowest BCUT2D eigenvalue weighted by molar-refractivity contribution is 0.0884. The summed E-state index contributed by atoms with van der Waals surface area (Å²) >= 11 is 0. The minimum Gasteiger partial charge on any atom is -0.349 e. The summed E-state index contributed by atoms with van der Waals surface area (Å²) in [5.41, 5.74) is 1.27. The Balaban J connectivity index is 1.53. The molecule has 0 saturated heterocycles. The Morgan fingerprint density at radius 3 is 1.40 bits per heavy atom. The minimum absolute atomic E-state index is 0.0275. The average molecular weight is 413 g/mol. The Morgan fingerprint density at radius 1 is 0.733 bits per heavy atom. The van der Waals surface area contributed by atoms with Crippen molar-refractivity contribution in [3.8, 4) is 0 Å². The lowest BCUT2D eigenvalue weighted by atomic mass is 9.78. The van der Waals surface area contributed by atoms with Crippen LogP contribution in [0.5, 0.6) is 0 Å². The van der Waals surface area contributed by atoms with Crippen LogP contribution in [0.25, 0.3) is 0 Å². The van der Waals surface area contributed by atoms with E-state index in [-0.39, 0.29) is 23.9 Å². The van der Waals surface area contributed by atoms with Gasteiger partial charge < -0.3 is 10.6 Å². The lowest BCUT2D eigenvalue weighted by Crippen LogP contribution is -2.43. The van der Waals surface area contributed by atoms with Gasteiger partial charge in [-0.2, -0.15) is 0 Å². The lowest BCUT2D eigenvalue weighted by Gasteiger charge is -2.34. The summed E-state index contributed by atoms with van der Waals surface area (Å²) in [6, 6.07) is 7.63. The second kappa shape index (κ2) is 10.5. The Morgan fingerprint density at radius 2 is 1.10 bits per heavy atom. The summed E-state index contributed by atoms with van der Waals surface area (Å²) < 4.78 is 0. The molecule has 6 unspecified atom stereocenters. The van der Waals surface area contributed by atoms with Crippen LogP contribution in [0, 0.1) is 23.7 Å². The molecule has 0 heterocycles. The predicted molar refractivity (Wildman–Crippen MR) is 123 cm³/mol. The summed E-state index contributed by atoms with van der Waals surface area (Å²) in [7, 11) is 0. The molecule has 2 amide bonds. The standard InChI is InChI=1S/C26H40N2O2/c1-5-19-7-13-23(17(3)15-19)27-25(29)21-9-11-22(12-10-21)26(30)28-24-14-8-20(6-2)16-18(24)4/h9-12,17-20,23-24H,5-8,13-16H2,1-4H3,(H,27,29)(H,28,30). The summed E-state index contributed by atoms with van der Waals surface area (Å²) in [5, 5.41) is 6.44. The summed E-state index contributed by atoms with van der Waals surface area (Å²) in [4.78, 5) is 25.4. The molecule has 0 radical (unpaired) electrons. The van der Waals surface area contributed by atoms with Crippen molar-refractivity contribution in [3.63, 3.8) is 0 Å². The van der Waals surface area contributed by atoms with Crippen LogP contribution < -0.4 is 10.6 Å². The number of rotatable bonds is 6. The van der Waals surface area contributed by atoms with E-state index >= 15 is 0 Å². The maximum atomic E-state index is 12.7. The van der Waals surface area contributed by atoms with E-state index in [1.54, 1.807) is 24.3 Å². The second-order valence-corrected chi connectivity index (χ2v) is 9.87. The zero-order chi connectivity index (χ0) is 21.7. The van der Waals surface area contributed by atoms with Gasteiger partial charge in [-0.15, -0.1) is 0 Å². The molecule has 4 heteroatoms. The number of amides is 2. The molecule has 0 aromatic heterocycles. The number of hydrogen-bond donors (Lipinski definition) is 2. The van der Waals surface area contributed by atoms with E-state index in [9.17, 15) is 9.59 Å². The fraction of sp³-hybridized carbons (Fsp3) is 0.692. The van der Waals surface area contributed by atoms with Crippen LogP contribution in [0.1, 0.15) is 99.8 Å². The molecule has 3 rings (SSSR count). The van der Waals surface area contributed by atoms with Crippen LogP contribution in [0.4, 0.5) is 0 Å². The van der Waals surface area contributed by atoms with Crippen LogP contribution in [0.3, 0.4) is 0 Å². The molecule has 0 bridgehead atoms. The van der Waals surface area contributed by atoms with E-state index in [4.69, 9.17) is 0 Å². The Kier molecular flexibility index (Phi) is 7.96. The van der Waals surface area contributed by atoms with Crippen molar-refractivity contribution < 1.29 is 9.59 Å². The van der Waals surface area contributed by atoms with Crippen LogP contribution >= 0.6 is 0 Å². The van der Waals surface area contributed by atoms with Crippen LogP contribution in [0.15, 0.2) is 24.3 Å². The van der Waals surface area contributed by atoms with Gasteiger partial charge in [-0.3, -0.25) is 9.59 Å². The topological polar surface area (TPSA) is 58.2 Å². The quantitative estimate of drug-likeness (QED) is 0.641. The Labute approximate surface area is 182 Å². The summed E-state index contributed by atoms with van der Waals surface area (Å²) in [6.07, 6.45) is 9.36. The van der Waals surface area contributed by atoms with Crippen LogP contribution in [0.2, 0.25) is 0 Å². The van der Waals surface area contributed by atoms with Crippen molar-refractivity contribution in [2.24, 2.45) is 23.7 Å². The van der Waals surface area contributed by atoms with E-state index in [0.29, 0.717) is 23.0 Å². The van der Waals surface area contributed by atoms with Gasteiger partial charge >= 0.3 is 0 Å². The van der Waals surface area contributed by atoms with Gasteiger partial charge in [-0.1, -0.05) is 40.5 Å². The van der Waals surface area contributed by atoms with Gasteiger partial charge in [0, 0.05) is 23.2 Å². The van der Waals surface area contributed by atoms with Crippen molar-refractivity contribution in [1.29, 1.82) is 0 Å². The molecule has 6 atom stereocenters. The highest BCUT2D eigenvalue weighted by Gasteiger charge is 2.29. The van der Waals surface area contributed by atoms with E-state index in [1.165, 1.54) is 38.5 Å². The molecule has 2 saturated carbocycles. The van der Waals surface area contributed by atoms with Crippen LogP contribution in [-0.4, -0.2) is 23.9 Å². The van der Waals surface area contributed by atoms with Gasteiger partial charge in [-0.05, 0) is 86.5 Å². The molecule has 0 aliphatic heterocycles. The fourth-order valence-corrected chi connectivity index (χ4v) is 5.46. The summed E-state index contributed by atoms with van der Waals surface area (Å²) in [6.45, 7) is 9.00. The SMILES string of the molecule is CCC1CCC(NC(=O)c2ccc(C(=O)NC3CCC(CC)CC3C)cc2)C(C)C1. The van der Waals surface area contributed by atoms with Gasteiger partial charge in [0.25, 0.3) is 11.8 Å². The van der Waals surface area contributed by atoms with Gasteiger partial charge in [0.15, 0.2) is 0 Å². The monoisotopic (exact) mass is 412 g/mol. The smallest absolute Gasteiger partial charge is 0.251 e. The van der Waals surface area contributed by atoms with Crippen molar-refractivity contribution in [2.45, 2.75) is 91.1 Å². The maximum absolute atomic E-state index is 12.7. The molecule has 1 aromatic carbocycles. The van der Waals surface area contributed by atoms with Gasteiger partial charge in [0.2, 0.25) is 0 Å². The predicted octanol–water partition coefficient (Wildman–Crippen LogP) is 5.58. The average Bonchev–Trinajstić information content (AvgIpc) is 2.76. The number of carbonyl (C=O) groups excluding carboxylic acids is 2. The highest BCUT2D eigenvalue weighted by Crippen LogP contribution is 2.32. The number of benzene rings is 1. The van der Waals surface area contributed by atoms with E-state index in [0.717, 1.165) is 24.7 Å². The van der Waals surface area contributed by atoms with Crippen molar-refractivity contribution in [1.82, 2.24) is 10.6 Å². The third kappa shape index (κ3) is 5.65. The van der Waals surface area contributed by atoms with E-state index in [2.05, 4.69) is 38.3 Å². The van der Waals surface area contributed by atoms with Crippen molar-refractivity contribution in [3.05, 3.63) is 35.4 Å². The highest BCUT2D eigenvalue weighted by molar-refractivity contribution is 5.98. The first-order valence-electron chi connectivity index (χ1n) is 12.1. The molecule has 1 aromatic rings. The third-order valence-corrected chi connectivity index (χ3v) is 7.75. The number of nitrogens with one attached hydrogen (secondary N) is 2. The van der Waals surface area contributed by atoms with Gasteiger partial charge in [-0.25, -0.2) is 0 Å². The second-order valence-electron chi connectivity index (χ2n) is 9.87. The first kappa shape index (κ1) is 22.8. The molecule has 0 spiro atoms. The Bertz CT molecular complexity index is 653. The molecular weight excluding hydrogens is 372 g/mol. The Hall–Kier alpha value is -1.84. The molecular formula is C26H40N2O2. The molecule has 2 aliphatic carbocycles. The van der Waals surface area contributed by atoms with E-state index in [1.807, 2.05) is 0 Å². The zero-order valence-corrected chi connectivity index (χ0v) is 19.2. The minimum atomic E-state index is -0.0275. The maximum Gasteiger partial charge on any atom is 0.251 e. The van der Waals surface area contributed by atoms with Crippen molar-refractivity contribution in [2.75, 3.05) is 0 Å². The number of hydrogen-bond acceptors (Lipinski definition) is 2. The first-order chi connectivity index (χ1) is 14.4.